The van der Waals surface area contributed by atoms with Crippen molar-refractivity contribution >= 4 is 33.7 Å². The number of carbonyl (C=O) groups excluding carboxylic acids is 1. The normalized spacial score (nSPS) is 13.9. The van der Waals surface area contributed by atoms with Gasteiger partial charge in [0.05, 0.1) is 11.0 Å². The van der Waals surface area contributed by atoms with Gasteiger partial charge in [-0.3, -0.25) is 9.78 Å². The Morgan fingerprint density at radius 1 is 1.06 bits per heavy atom. The van der Waals surface area contributed by atoms with Crippen LogP contribution in [-0.2, 0) is 0 Å². The molecule has 0 saturated carbocycles. The average Bonchev–Trinajstić information content (AvgIpc) is 2.41. The van der Waals surface area contributed by atoms with Crippen molar-refractivity contribution in [2.45, 2.75) is 0 Å². The summed E-state index contributed by atoms with van der Waals surface area (Å²) in [5, 5.41) is 2.96. The van der Waals surface area contributed by atoms with Crippen LogP contribution in [-0.4, -0.2) is 15.8 Å². The second-order valence-corrected chi connectivity index (χ2v) is 4.29. The zero-order valence-corrected chi connectivity index (χ0v) is 9.42. The molecule has 3 heteroatoms. The fraction of sp³-hybridized carbons (Fsp3) is 0. The van der Waals surface area contributed by atoms with Crippen molar-refractivity contribution < 1.29 is 4.79 Å². The third kappa shape index (κ3) is 1.10. The average molecular weight is 232 g/mol. The summed E-state index contributed by atoms with van der Waals surface area (Å²) in [5.74, 6) is -0.0352. The van der Waals surface area contributed by atoms with Crippen molar-refractivity contribution in [3.05, 3.63) is 53.5 Å². The maximum atomic E-state index is 11.9. The van der Waals surface area contributed by atoms with Crippen molar-refractivity contribution in [1.29, 1.82) is 0 Å². The zero-order valence-electron chi connectivity index (χ0n) is 9.42. The highest BCUT2D eigenvalue weighted by molar-refractivity contribution is 6.13. The van der Waals surface area contributed by atoms with Gasteiger partial charge in [-0.05, 0) is 29.7 Å². The first kappa shape index (κ1) is 9.48. The lowest BCUT2D eigenvalue weighted by Gasteiger charge is -2.09. The first-order valence-electron chi connectivity index (χ1n) is 5.74. The van der Waals surface area contributed by atoms with Gasteiger partial charge >= 0.3 is 0 Å². The van der Waals surface area contributed by atoms with E-state index in [-0.39, 0.29) is 5.78 Å². The Hall–Kier alpha value is -2.55. The first-order valence-corrected chi connectivity index (χ1v) is 5.74. The summed E-state index contributed by atoms with van der Waals surface area (Å²) in [7, 11) is 0. The molecule has 0 spiro atoms. The van der Waals surface area contributed by atoms with E-state index < -0.39 is 0 Å². The maximum absolute atomic E-state index is 11.9. The van der Waals surface area contributed by atoms with Gasteiger partial charge in [-0.2, -0.15) is 0 Å². The van der Waals surface area contributed by atoms with Gasteiger partial charge in [-0.1, -0.05) is 18.2 Å². The standard InChI is InChI=1S/C15H8N2O/c18-13-6-1-3-10-9-7-8-16-11-4-2-5-12(14(9)11)17-15(10)13/h1-8H. The summed E-state index contributed by atoms with van der Waals surface area (Å²) < 4.78 is 0. The van der Waals surface area contributed by atoms with Gasteiger partial charge in [0.15, 0.2) is 0 Å². The lowest BCUT2D eigenvalue weighted by Crippen LogP contribution is -2.20. The molecule has 0 fully saturated rings. The number of hydrogen-bond donors (Lipinski definition) is 0. The van der Waals surface area contributed by atoms with Gasteiger partial charge in [0.1, 0.15) is 5.69 Å². The lowest BCUT2D eigenvalue weighted by molar-refractivity contribution is 0.104. The Labute approximate surface area is 102 Å². The van der Waals surface area contributed by atoms with Gasteiger partial charge in [0.25, 0.3) is 0 Å². The molecule has 3 nitrogen and oxygen atoms in total. The highest BCUT2D eigenvalue weighted by Crippen LogP contribution is 2.22. The van der Waals surface area contributed by atoms with Crippen LogP contribution in [0.5, 0.6) is 0 Å². The number of allylic oxidation sites excluding steroid dienone is 2. The number of pyridine rings is 2. The minimum atomic E-state index is -0.0352. The Morgan fingerprint density at radius 2 is 1.94 bits per heavy atom. The summed E-state index contributed by atoms with van der Waals surface area (Å²) in [6.45, 7) is 0. The Bertz CT molecular complexity index is 888. The van der Waals surface area contributed by atoms with Crippen LogP contribution >= 0.6 is 0 Å². The van der Waals surface area contributed by atoms with Crippen LogP contribution in [0.3, 0.4) is 0 Å². The van der Waals surface area contributed by atoms with Gasteiger partial charge < -0.3 is 0 Å². The van der Waals surface area contributed by atoms with Gasteiger partial charge in [-0.25, -0.2) is 4.98 Å². The molecule has 0 unspecified atom stereocenters. The van der Waals surface area contributed by atoms with Crippen LogP contribution in [0.25, 0.3) is 27.9 Å². The van der Waals surface area contributed by atoms with Crippen molar-refractivity contribution in [1.82, 2.24) is 9.97 Å². The monoisotopic (exact) mass is 232 g/mol. The number of hydrogen-bond acceptors (Lipinski definition) is 3. The molecule has 2 aromatic heterocycles. The molecule has 0 bridgehead atoms. The van der Waals surface area contributed by atoms with E-state index in [4.69, 9.17) is 0 Å². The number of fused-ring (bicyclic) bond motifs is 2. The molecular weight excluding hydrogens is 224 g/mol. The van der Waals surface area contributed by atoms with E-state index in [0.29, 0.717) is 5.69 Å². The predicted molar refractivity (Wildman–Crippen MR) is 70.2 cm³/mol. The van der Waals surface area contributed by atoms with Crippen LogP contribution in [0.15, 0.2) is 42.6 Å². The summed E-state index contributed by atoms with van der Waals surface area (Å²) in [5.41, 5.74) is 2.27. The third-order valence-corrected chi connectivity index (χ3v) is 3.27. The van der Waals surface area contributed by atoms with Crippen LogP contribution in [0.2, 0.25) is 0 Å². The summed E-state index contributed by atoms with van der Waals surface area (Å²) in [4.78, 5) is 20.7. The molecular formula is C15H8N2O. The molecule has 3 aromatic rings. The van der Waals surface area contributed by atoms with Crippen molar-refractivity contribution in [3.8, 4) is 0 Å². The summed E-state index contributed by atoms with van der Waals surface area (Å²) in [6.07, 6.45) is 7.03. The molecule has 2 heterocycles. The minimum absolute atomic E-state index is 0.0352. The molecule has 1 aromatic carbocycles. The molecule has 18 heavy (non-hydrogen) atoms. The number of benzene rings is 1. The van der Waals surface area contributed by atoms with Crippen LogP contribution in [0, 0.1) is 0 Å². The molecule has 1 aliphatic carbocycles. The van der Waals surface area contributed by atoms with E-state index in [2.05, 4.69) is 9.97 Å². The van der Waals surface area contributed by atoms with E-state index in [1.54, 1.807) is 18.3 Å². The second-order valence-electron chi connectivity index (χ2n) is 4.29. The molecule has 4 rings (SSSR count). The fourth-order valence-corrected chi connectivity index (χ4v) is 2.48. The van der Waals surface area contributed by atoms with E-state index in [9.17, 15) is 4.79 Å². The first-order chi connectivity index (χ1) is 8.84. The van der Waals surface area contributed by atoms with Crippen molar-refractivity contribution in [2.75, 3.05) is 0 Å². The minimum Gasteiger partial charge on any atom is -0.288 e. The number of ketones is 1. The Balaban J connectivity index is 2.39. The molecule has 0 aliphatic heterocycles. The molecule has 0 atom stereocenters. The number of aromatic nitrogens is 2. The predicted octanol–water partition coefficient (Wildman–Crippen LogP) is 2.03. The quantitative estimate of drug-likeness (QED) is 0.595. The van der Waals surface area contributed by atoms with Crippen LogP contribution in [0.4, 0.5) is 0 Å². The van der Waals surface area contributed by atoms with Crippen LogP contribution < -0.4 is 5.22 Å². The topological polar surface area (TPSA) is 42.9 Å². The molecule has 1 aliphatic rings. The van der Waals surface area contributed by atoms with E-state index in [1.807, 2.05) is 30.3 Å². The molecule has 0 radical (unpaired) electrons. The van der Waals surface area contributed by atoms with E-state index in [0.717, 1.165) is 27.0 Å². The van der Waals surface area contributed by atoms with Gasteiger partial charge in [0, 0.05) is 16.8 Å². The fourth-order valence-electron chi connectivity index (χ4n) is 2.48. The second kappa shape index (κ2) is 3.23. The summed E-state index contributed by atoms with van der Waals surface area (Å²) >= 11 is 0. The Morgan fingerprint density at radius 3 is 2.89 bits per heavy atom. The zero-order chi connectivity index (χ0) is 12.1. The van der Waals surface area contributed by atoms with Crippen molar-refractivity contribution in [2.24, 2.45) is 0 Å². The van der Waals surface area contributed by atoms with Gasteiger partial charge in [-0.15, -0.1) is 0 Å². The number of nitrogens with zero attached hydrogens (tertiary/aromatic N) is 2. The van der Waals surface area contributed by atoms with E-state index in [1.165, 1.54) is 0 Å². The highest BCUT2D eigenvalue weighted by Gasteiger charge is 2.14. The van der Waals surface area contributed by atoms with Gasteiger partial charge in [0.2, 0.25) is 5.78 Å². The summed E-state index contributed by atoms with van der Waals surface area (Å²) in [6, 6.07) is 7.74. The maximum Gasteiger partial charge on any atom is 0.204 e. The SMILES string of the molecule is O=C1C=CC=c2c1nc1cccc3nccc2c31. The Kier molecular flexibility index (Phi) is 1.70. The molecule has 0 N–H and O–H groups in total. The van der Waals surface area contributed by atoms with E-state index >= 15 is 0 Å². The molecule has 84 valence electrons. The number of carbonyl (C=O) groups is 1. The largest absolute Gasteiger partial charge is 0.288 e. The smallest absolute Gasteiger partial charge is 0.204 e. The number of rotatable bonds is 0. The highest BCUT2D eigenvalue weighted by atomic mass is 16.1. The third-order valence-electron chi connectivity index (χ3n) is 3.27. The lowest BCUT2D eigenvalue weighted by atomic mass is 10.0. The van der Waals surface area contributed by atoms with Crippen molar-refractivity contribution in [3.63, 3.8) is 0 Å². The molecule has 0 saturated heterocycles. The van der Waals surface area contributed by atoms with Crippen LogP contribution in [0.1, 0.15) is 10.5 Å². The molecule has 0 amide bonds.